The van der Waals surface area contributed by atoms with Crippen LogP contribution in [0.2, 0.25) is 0 Å². The van der Waals surface area contributed by atoms with Gasteiger partial charge in [-0.15, -0.1) is 11.3 Å². The van der Waals surface area contributed by atoms with Gasteiger partial charge in [-0.1, -0.05) is 38.6 Å². The Hall–Kier alpha value is -0.600. The zero-order valence-electron chi connectivity index (χ0n) is 7.80. The second kappa shape index (κ2) is 4.07. The molecule has 0 saturated carbocycles. The Balaban J connectivity index is 3.19. The fourth-order valence-corrected chi connectivity index (χ4v) is 2.08. The number of rotatable bonds is 3. The summed E-state index contributed by atoms with van der Waals surface area (Å²) in [4.78, 5) is 5.40. The van der Waals surface area contributed by atoms with Gasteiger partial charge in [0.2, 0.25) is 0 Å². The first-order valence-corrected chi connectivity index (χ1v) is 5.23. The zero-order chi connectivity index (χ0) is 10.0. The van der Waals surface area contributed by atoms with Crippen molar-refractivity contribution in [1.29, 1.82) is 0 Å². The van der Waals surface area contributed by atoms with E-state index in [1.807, 2.05) is 0 Å². The maximum atomic E-state index is 5.81. The van der Waals surface area contributed by atoms with Crippen LogP contribution in [-0.4, -0.2) is 4.98 Å². The Labute approximate surface area is 87.8 Å². The number of thiazole rings is 1. The normalized spacial score (nSPS) is 10.5. The maximum absolute atomic E-state index is 5.81. The predicted octanol–water partition coefficient (Wildman–Crippen LogP) is 4.12. The smallest absolute Gasteiger partial charge is 0.0995 e. The molecule has 1 aromatic rings. The van der Waals surface area contributed by atoms with E-state index in [0.717, 1.165) is 15.6 Å². The van der Waals surface area contributed by atoms with Gasteiger partial charge in [0.15, 0.2) is 0 Å². The van der Waals surface area contributed by atoms with E-state index in [-0.39, 0.29) is 0 Å². The molecule has 0 radical (unpaired) electrons. The lowest BCUT2D eigenvalue weighted by Crippen LogP contribution is -1.85. The maximum Gasteiger partial charge on any atom is 0.0995 e. The molecule has 1 rings (SSSR count). The predicted molar refractivity (Wildman–Crippen MR) is 61.2 cm³/mol. The monoisotopic (exact) mass is 213 g/mol. The molecular weight excluding hydrogens is 202 g/mol. The molecule has 1 heterocycles. The zero-order valence-corrected chi connectivity index (χ0v) is 9.37. The van der Waals surface area contributed by atoms with Crippen molar-refractivity contribution in [3.63, 3.8) is 0 Å². The molecule has 0 bridgehead atoms. The Morgan fingerprint density at radius 2 is 2.23 bits per heavy atom. The van der Waals surface area contributed by atoms with Crippen LogP contribution in [0, 0.1) is 0 Å². The summed E-state index contributed by atoms with van der Waals surface area (Å²) in [6.45, 7) is 11.6. The molecule has 0 aromatic carbocycles. The Morgan fingerprint density at radius 1 is 1.62 bits per heavy atom. The highest BCUT2D eigenvalue weighted by Crippen LogP contribution is 2.30. The van der Waals surface area contributed by atoms with Crippen LogP contribution in [0.5, 0.6) is 0 Å². The number of nitrogens with zero attached hydrogens (tertiary/aromatic N) is 1. The van der Waals surface area contributed by atoms with E-state index in [1.54, 1.807) is 17.4 Å². The van der Waals surface area contributed by atoms with Crippen molar-refractivity contribution >= 4 is 34.0 Å². The van der Waals surface area contributed by atoms with Gasteiger partial charge < -0.3 is 0 Å². The van der Waals surface area contributed by atoms with Crippen molar-refractivity contribution in [1.82, 2.24) is 4.98 Å². The molecule has 0 saturated heterocycles. The quantitative estimate of drug-likeness (QED) is 0.736. The molecule has 0 atom stereocenters. The van der Waals surface area contributed by atoms with Crippen LogP contribution in [0.15, 0.2) is 13.2 Å². The summed E-state index contributed by atoms with van der Waals surface area (Å²) in [5.41, 5.74) is 0.769. The molecule has 1 nitrogen and oxygen atoms in total. The Morgan fingerprint density at radius 3 is 2.54 bits per heavy atom. The van der Waals surface area contributed by atoms with Crippen LogP contribution in [0.1, 0.15) is 35.3 Å². The molecule has 0 fully saturated rings. The van der Waals surface area contributed by atoms with E-state index in [9.17, 15) is 0 Å². The van der Waals surface area contributed by atoms with Gasteiger partial charge in [-0.3, -0.25) is 0 Å². The highest BCUT2D eigenvalue weighted by Gasteiger charge is 2.12. The van der Waals surface area contributed by atoms with Gasteiger partial charge >= 0.3 is 0 Å². The van der Waals surface area contributed by atoms with Gasteiger partial charge in [-0.05, 0) is 6.08 Å². The van der Waals surface area contributed by atoms with Crippen LogP contribution >= 0.6 is 22.9 Å². The molecule has 0 amide bonds. The molecule has 3 heteroatoms. The second-order valence-corrected chi connectivity index (χ2v) is 4.55. The largest absolute Gasteiger partial charge is 0.239 e. The number of aromatic nitrogens is 1. The molecule has 1 aromatic heterocycles. The Bertz CT molecular complexity index is 339. The van der Waals surface area contributed by atoms with Crippen LogP contribution in [0.25, 0.3) is 11.1 Å². The fraction of sp³-hybridized carbons (Fsp3) is 0.300. The van der Waals surface area contributed by atoms with Crippen molar-refractivity contribution < 1.29 is 0 Å². The molecule has 13 heavy (non-hydrogen) atoms. The van der Waals surface area contributed by atoms with E-state index >= 15 is 0 Å². The number of hydrogen-bond donors (Lipinski definition) is 0. The molecule has 0 aliphatic heterocycles. The molecule has 0 aliphatic carbocycles. The highest BCUT2D eigenvalue weighted by molar-refractivity contribution is 7.12. The number of halogens is 1. The summed E-state index contributed by atoms with van der Waals surface area (Å²) in [6, 6.07) is 0. The third kappa shape index (κ3) is 2.20. The molecule has 0 aliphatic rings. The van der Waals surface area contributed by atoms with Crippen molar-refractivity contribution in [2.45, 2.75) is 19.8 Å². The lowest BCUT2D eigenvalue weighted by molar-refractivity contribution is 0.851. The van der Waals surface area contributed by atoms with E-state index in [0.29, 0.717) is 11.0 Å². The summed E-state index contributed by atoms with van der Waals surface area (Å²) < 4.78 is 0. The summed E-state index contributed by atoms with van der Waals surface area (Å²) in [7, 11) is 0. The van der Waals surface area contributed by atoms with Gasteiger partial charge in [0.1, 0.15) is 0 Å². The van der Waals surface area contributed by atoms with Gasteiger partial charge in [-0.25, -0.2) is 4.98 Å². The van der Waals surface area contributed by atoms with Crippen LogP contribution in [0.3, 0.4) is 0 Å². The topological polar surface area (TPSA) is 12.9 Å². The first kappa shape index (κ1) is 10.5. The lowest BCUT2D eigenvalue weighted by Gasteiger charge is -1.95. The first-order chi connectivity index (χ1) is 6.06. The van der Waals surface area contributed by atoms with Crippen LogP contribution in [0.4, 0.5) is 0 Å². The summed E-state index contributed by atoms with van der Waals surface area (Å²) in [5, 5.41) is 1.56. The van der Waals surface area contributed by atoms with E-state index < -0.39 is 0 Å². The minimum Gasteiger partial charge on any atom is -0.239 e. The van der Waals surface area contributed by atoms with Crippen LogP contribution in [-0.2, 0) is 0 Å². The van der Waals surface area contributed by atoms with Gasteiger partial charge in [0, 0.05) is 5.92 Å². The van der Waals surface area contributed by atoms with Crippen molar-refractivity contribution in [2.75, 3.05) is 0 Å². The Kier molecular flexibility index (Phi) is 3.28. The van der Waals surface area contributed by atoms with E-state index in [2.05, 4.69) is 32.0 Å². The van der Waals surface area contributed by atoms with Crippen molar-refractivity contribution in [3.8, 4) is 0 Å². The average molecular weight is 214 g/mol. The van der Waals surface area contributed by atoms with E-state index in [1.165, 1.54) is 0 Å². The van der Waals surface area contributed by atoms with Gasteiger partial charge in [0.25, 0.3) is 0 Å². The highest BCUT2D eigenvalue weighted by atomic mass is 35.5. The SMILES string of the molecule is C=Cc1sc(C(C)C)nc1C(=C)Cl. The first-order valence-electron chi connectivity index (χ1n) is 4.04. The third-order valence-electron chi connectivity index (χ3n) is 1.61. The van der Waals surface area contributed by atoms with Gasteiger partial charge in [0.05, 0.1) is 20.6 Å². The summed E-state index contributed by atoms with van der Waals surface area (Å²) in [6.07, 6.45) is 1.77. The molecule has 0 spiro atoms. The van der Waals surface area contributed by atoms with Crippen molar-refractivity contribution in [3.05, 3.63) is 28.7 Å². The second-order valence-electron chi connectivity index (χ2n) is 3.03. The molecule has 0 unspecified atom stereocenters. The number of hydrogen-bond acceptors (Lipinski definition) is 2. The lowest BCUT2D eigenvalue weighted by atomic mass is 10.2. The summed E-state index contributed by atoms with van der Waals surface area (Å²) in [5.74, 6) is 0.425. The molecular formula is C10H12ClNS. The summed E-state index contributed by atoms with van der Waals surface area (Å²) >= 11 is 7.43. The fourth-order valence-electron chi connectivity index (χ4n) is 0.929. The molecule has 70 valence electrons. The minimum absolute atomic E-state index is 0.425. The van der Waals surface area contributed by atoms with Gasteiger partial charge in [-0.2, -0.15) is 0 Å². The van der Waals surface area contributed by atoms with E-state index in [4.69, 9.17) is 11.6 Å². The molecule has 0 N–H and O–H groups in total. The third-order valence-corrected chi connectivity index (χ3v) is 3.14. The minimum atomic E-state index is 0.425. The standard InChI is InChI=1S/C10H12ClNS/c1-5-8-9(7(4)11)12-10(13-8)6(2)3/h5-6H,1,4H2,2-3H3. The average Bonchev–Trinajstić information content (AvgIpc) is 2.47. The van der Waals surface area contributed by atoms with Crippen LogP contribution < -0.4 is 0 Å². The van der Waals surface area contributed by atoms with Crippen molar-refractivity contribution in [2.24, 2.45) is 0 Å².